The Balaban J connectivity index is 1.83. The molecule has 0 saturated carbocycles. The Morgan fingerprint density at radius 3 is 2.58 bits per heavy atom. The molecule has 26 heavy (non-hydrogen) atoms. The van der Waals surface area contributed by atoms with Gasteiger partial charge in [0.2, 0.25) is 0 Å². The maximum atomic E-state index is 12.5. The highest BCUT2D eigenvalue weighted by Gasteiger charge is 2.13. The lowest BCUT2D eigenvalue weighted by Crippen LogP contribution is -2.18. The molecule has 0 aliphatic carbocycles. The Hall–Kier alpha value is -2.57. The summed E-state index contributed by atoms with van der Waals surface area (Å²) in [6.45, 7) is 0. The number of amides is 1. The second kappa shape index (κ2) is 7.76. The quantitative estimate of drug-likeness (QED) is 0.461. The molecule has 0 unspecified atom stereocenters. The lowest BCUT2D eigenvalue weighted by molar-refractivity contribution is 0.0952. The van der Waals surface area contributed by atoms with E-state index in [0.29, 0.717) is 21.3 Å². The fourth-order valence-corrected chi connectivity index (χ4v) is 3.27. The molecular weight excluding hydrogens is 420 g/mol. The number of nitrogens with zero attached hydrogens (tertiary/aromatic N) is 1. The molecule has 0 spiro atoms. The van der Waals surface area contributed by atoms with Crippen molar-refractivity contribution in [3.63, 3.8) is 0 Å². The molecule has 0 aliphatic heterocycles. The fourth-order valence-electron chi connectivity index (χ4n) is 2.45. The molecule has 0 heterocycles. The first-order valence-electron chi connectivity index (χ1n) is 7.58. The van der Waals surface area contributed by atoms with Gasteiger partial charge in [0.05, 0.1) is 28.4 Å². The van der Waals surface area contributed by atoms with E-state index in [2.05, 4.69) is 26.5 Å². The zero-order chi connectivity index (χ0) is 18.7. The Bertz CT molecular complexity index is 998. The number of methoxy groups -OCH3 is 1. The van der Waals surface area contributed by atoms with Crippen LogP contribution in [0.1, 0.15) is 15.9 Å². The molecule has 0 saturated heterocycles. The summed E-state index contributed by atoms with van der Waals surface area (Å²) in [7, 11) is 1.51. The molecule has 5 nitrogen and oxygen atoms in total. The summed E-state index contributed by atoms with van der Waals surface area (Å²) in [5.41, 5.74) is 3.47. The van der Waals surface area contributed by atoms with Gasteiger partial charge in [-0.15, -0.1) is 0 Å². The first kappa shape index (κ1) is 18.2. The van der Waals surface area contributed by atoms with Gasteiger partial charge in [0.25, 0.3) is 5.91 Å². The van der Waals surface area contributed by atoms with Crippen LogP contribution in [0.2, 0.25) is 5.02 Å². The zero-order valence-electron chi connectivity index (χ0n) is 13.7. The Kier molecular flexibility index (Phi) is 5.44. The number of phenolic OH excluding ortho intramolecular Hbond substituents is 1. The molecule has 3 aromatic rings. The number of carbonyl (C=O) groups excluding carboxylic acids is 1. The lowest BCUT2D eigenvalue weighted by Gasteiger charge is -2.09. The van der Waals surface area contributed by atoms with E-state index >= 15 is 0 Å². The van der Waals surface area contributed by atoms with Crippen molar-refractivity contribution in [3.8, 4) is 11.5 Å². The third-order valence-corrected chi connectivity index (χ3v) is 4.62. The van der Waals surface area contributed by atoms with Crippen molar-refractivity contribution >= 4 is 50.4 Å². The van der Waals surface area contributed by atoms with Crippen molar-refractivity contribution in [2.24, 2.45) is 5.10 Å². The molecule has 7 heteroatoms. The van der Waals surface area contributed by atoms with Crippen LogP contribution in [0.5, 0.6) is 11.5 Å². The lowest BCUT2D eigenvalue weighted by atomic mass is 10.1. The summed E-state index contributed by atoms with van der Waals surface area (Å²) in [5, 5.41) is 15.7. The van der Waals surface area contributed by atoms with Crippen LogP contribution < -0.4 is 10.2 Å². The molecule has 0 aromatic heterocycles. The molecule has 0 fully saturated rings. The van der Waals surface area contributed by atoms with Crippen LogP contribution >= 0.6 is 27.5 Å². The SMILES string of the molecule is COc1cc2ccccc2cc1C(=O)NN=Cc1cc(Cl)c(O)c(Br)c1. The van der Waals surface area contributed by atoms with Crippen molar-refractivity contribution in [2.45, 2.75) is 0 Å². The van der Waals surface area contributed by atoms with Crippen LogP contribution in [0.4, 0.5) is 0 Å². The van der Waals surface area contributed by atoms with Gasteiger partial charge in [0.15, 0.2) is 0 Å². The molecule has 0 aliphatic rings. The van der Waals surface area contributed by atoms with E-state index in [0.717, 1.165) is 10.8 Å². The van der Waals surface area contributed by atoms with E-state index in [1.165, 1.54) is 19.4 Å². The summed E-state index contributed by atoms with van der Waals surface area (Å²) in [4.78, 5) is 12.5. The highest BCUT2D eigenvalue weighted by Crippen LogP contribution is 2.32. The first-order valence-corrected chi connectivity index (χ1v) is 8.75. The number of fused-ring (bicyclic) bond motifs is 1. The number of phenols is 1. The minimum absolute atomic E-state index is 0.0475. The largest absolute Gasteiger partial charge is 0.505 e. The minimum atomic E-state index is -0.396. The number of aromatic hydroxyl groups is 1. The van der Waals surface area contributed by atoms with Crippen molar-refractivity contribution in [1.29, 1.82) is 0 Å². The van der Waals surface area contributed by atoms with E-state index in [9.17, 15) is 9.90 Å². The van der Waals surface area contributed by atoms with E-state index in [-0.39, 0.29) is 10.8 Å². The van der Waals surface area contributed by atoms with Crippen molar-refractivity contribution in [3.05, 3.63) is 69.2 Å². The predicted octanol–water partition coefficient (Wildman–Crippen LogP) is 4.73. The second-order valence-corrected chi connectivity index (χ2v) is 6.69. The predicted molar refractivity (Wildman–Crippen MR) is 106 cm³/mol. The van der Waals surface area contributed by atoms with Crippen LogP contribution in [0.25, 0.3) is 10.8 Å². The van der Waals surface area contributed by atoms with Gasteiger partial charge in [-0.2, -0.15) is 5.10 Å². The number of halogens is 2. The third kappa shape index (κ3) is 3.81. The molecule has 3 aromatic carbocycles. The molecule has 3 rings (SSSR count). The van der Waals surface area contributed by atoms with Gasteiger partial charge < -0.3 is 9.84 Å². The number of ether oxygens (including phenoxy) is 1. The fraction of sp³-hybridized carbons (Fsp3) is 0.0526. The highest BCUT2D eigenvalue weighted by molar-refractivity contribution is 9.10. The second-order valence-electron chi connectivity index (χ2n) is 5.43. The van der Waals surface area contributed by atoms with Crippen molar-refractivity contribution < 1.29 is 14.6 Å². The van der Waals surface area contributed by atoms with E-state index in [1.54, 1.807) is 12.1 Å². The standard InChI is InChI=1S/C19H14BrClN2O3/c1-26-17-9-13-5-3-2-4-12(13)8-14(17)19(25)23-22-10-11-6-15(20)18(24)16(21)7-11/h2-10,24H,1H3,(H,23,25). The third-order valence-electron chi connectivity index (χ3n) is 3.73. The minimum Gasteiger partial charge on any atom is -0.505 e. The topological polar surface area (TPSA) is 70.9 Å². The number of benzene rings is 3. The summed E-state index contributed by atoms with van der Waals surface area (Å²) < 4.78 is 5.76. The van der Waals surface area contributed by atoms with Crippen molar-refractivity contribution in [2.75, 3.05) is 7.11 Å². The average Bonchev–Trinajstić information content (AvgIpc) is 2.64. The average molecular weight is 434 g/mol. The summed E-state index contributed by atoms with van der Waals surface area (Å²) in [5.74, 6) is 0.0216. The zero-order valence-corrected chi connectivity index (χ0v) is 16.0. The number of hydrazone groups is 1. The molecule has 1 amide bonds. The van der Waals surface area contributed by atoms with Gasteiger partial charge in [-0.1, -0.05) is 35.9 Å². The van der Waals surface area contributed by atoms with Crippen LogP contribution in [0.15, 0.2) is 58.1 Å². The first-order chi connectivity index (χ1) is 12.5. The number of nitrogens with one attached hydrogen (secondary N) is 1. The van der Waals surface area contributed by atoms with Crippen LogP contribution in [0.3, 0.4) is 0 Å². The maximum Gasteiger partial charge on any atom is 0.275 e. The van der Waals surface area contributed by atoms with E-state index in [4.69, 9.17) is 16.3 Å². The van der Waals surface area contributed by atoms with Crippen LogP contribution in [0, 0.1) is 0 Å². The van der Waals surface area contributed by atoms with Crippen LogP contribution in [-0.2, 0) is 0 Å². The normalized spacial score (nSPS) is 11.0. The van der Waals surface area contributed by atoms with Crippen molar-refractivity contribution in [1.82, 2.24) is 5.43 Å². The molecule has 0 bridgehead atoms. The van der Waals surface area contributed by atoms with E-state index in [1.807, 2.05) is 30.3 Å². The summed E-state index contributed by atoms with van der Waals surface area (Å²) >= 11 is 9.10. The smallest absolute Gasteiger partial charge is 0.275 e. The number of carbonyl (C=O) groups is 1. The number of rotatable bonds is 4. The van der Waals surface area contributed by atoms with Gasteiger partial charge in [0, 0.05) is 0 Å². The number of hydrogen-bond acceptors (Lipinski definition) is 4. The molecule has 2 N–H and O–H groups in total. The van der Waals surface area contributed by atoms with E-state index < -0.39 is 5.91 Å². The summed E-state index contributed by atoms with van der Waals surface area (Å²) in [6, 6.07) is 14.4. The molecule has 0 atom stereocenters. The Morgan fingerprint density at radius 2 is 1.92 bits per heavy atom. The summed E-state index contributed by atoms with van der Waals surface area (Å²) in [6.07, 6.45) is 1.43. The maximum absolute atomic E-state index is 12.5. The Labute approximate surface area is 163 Å². The van der Waals surface area contributed by atoms with Gasteiger partial charge >= 0.3 is 0 Å². The van der Waals surface area contributed by atoms with Gasteiger partial charge in [-0.25, -0.2) is 5.43 Å². The van der Waals surface area contributed by atoms with Gasteiger partial charge in [-0.3, -0.25) is 4.79 Å². The van der Waals surface area contributed by atoms with Gasteiger partial charge in [-0.05, 0) is 56.5 Å². The molecular formula is C19H14BrClN2O3. The number of hydrogen-bond donors (Lipinski definition) is 2. The highest BCUT2D eigenvalue weighted by atomic mass is 79.9. The Morgan fingerprint density at radius 1 is 1.23 bits per heavy atom. The van der Waals surface area contributed by atoms with Gasteiger partial charge in [0.1, 0.15) is 11.5 Å². The molecule has 0 radical (unpaired) electrons. The molecule has 132 valence electrons. The monoisotopic (exact) mass is 432 g/mol. The van der Waals surface area contributed by atoms with Crippen LogP contribution in [-0.4, -0.2) is 24.3 Å².